The van der Waals surface area contributed by atoms with Crippen LogP contribution in [-0.2, 0) is 16.1 Å². The van der Waals surface area contributed by atoms with Gasteiger partial charge in [-0.05, 0) is 43.5 Å². The minimum absolute atomic E-state index is 0.0966. The summed E-state index contributed by atoms with van der Waals surface area (Å²) in [6.07, 6.45) is 5.99. The molecule has 2 aromatic carbocycles. The fraction of sp³-hybridized carbons (Fsp3) is 0.440. The van der Waals surface area contributed by atoms with Gasteiger partial charge in [-0.1, -0.05) is 73.7 Å². The molecule has 1 aliphatic carbocycles. The first-order valence-electron chi connectivity index (χ1n) is 11.2. The standard InChI is InChI=1S/C25H30Cl2N2O2S/c1-2-23(25(31)28-18-10-5-3-6-11-18)29(16-20-21(26)14-9-15-22(20)27)24(30)17-32-19-12-7-4-8-13-19/h4,7-9,12-15,18,23H,2-3,5-6,10-11,16-17H2,1H3,(H,28,31)/t23-/m0/s1. The van der Waals surface area contributed by atoms with E-state index in [1.807, 2.05) is 37.3 Å². The van der Waals surface area contributed by atoms with Crippen LogP contribution in [0.3, 0.4) is 0 Å². The number of carbonyl (C=O) groups excluding carboxylic acids is 2. The molecule has 0 saturated heterocycles. The SMILES string of the molecule is CC[C@@H](C(=O)NC1CCCCC1)N(Cc1c(Cl)cccc1Cl)C(=O)CSc1ccccc1. The zero-order valence-electron chi connectivity index (χ0n) is 18.4. The lowest BCUT2D eigenvalue weighted by atomic mass is 9.95. The molecule has 1 saturated carbocycles. The molecular weight excluding hydrogens is 463 g/mol. The monoisotopic (exact) mass is 492 g/mol. The Morgan fingerprint density at radius 3 is 2.31 bits per heavy atom. The Morgan fingerprint density at radius 1 is 1.03 bits per heavy atom. The highest BCUT2D eigenvalue weighted by Crippen LogP contribution is 2.28. The minimum Gasteiger partial charge on any atom is -0.352 e. The van der Waals surface area contributed by atoms with Crippen molar-refractivity contribution in [3.63, 3.8) is 0 Å². The van der Waals surface area contributed by atoms with Crippen LogP contribution >= 0.6 is 35.0 Å². The third-order valence-electron chi connectivity index (χ3n) is 5.83. The third kappa shape index (κ3) is 6.90. The molecule has 0 aliphatic heterocycles. The van der Waals surface area contributed by atoms with Gasteiger partial charge in [0.15, 0.2) is 0 Å². The summed E-state index contributed by atoms with van der Waals surface area (Å²) in [7, 11) is 0. The molecule has 0 bridgehead atoms. The van der Waals surface area contributed by atoms with Gasteiger partial charge >= 0.3 is 0 Å². The average Bonchev–Trinajstić information content (AvgIpc) is 2.80. The maximum atomic E-state index is 13.4. The minimum atomic E-state index is -0.576. The summed E-state index contributed by atoms with van der Waals surface area (Å²) in [6.45, 7) is 2.13. The van der Waals surface area contributed by atoms with E-state index in [2.05, 4.69) is 5.32 Å². The third-order valence-corrected chi connectivity index (χ3v) is 7.54. The maximum Gasteiger partial charge on any atom is 0.243 e. The van der Waals surface area contributed by atoms with E-state index in [9.17, 15) is 9.59 Å². The van der Waals surface area contributed by atoms with Crippen LogP contribution in [0, 0.1) is 0 Å². The number of nitrogens with zero attached hydrogens (tertiary/aromatic N) is 1. The predicted molar refractivity (Wildman–Crippen MR) is 133 cm³/mol. The van der Waals surface area contributed by atoms with E-state index in [-0.39, 0.29) is 30.2 Å². The van der Waals surface area contributed by atoms with Gasteiger partial charge in [0.05, 0.1) is 5.75 Å². The normalized spacial score (nSPS) is 15.2. The molecule has 1 fully saturated rings. The Hall–Kier alpha value is -1.69. The van der Waals surface area contributed by atoms with Crippen LogP contribution in [0.1, 0.15) is 51.0 Å². The van der Waals surface area contributed by atoms with Gasteiger partial charge in [-0.2, -0.15) is 0 Å². The zero-order chi connectivity index (χ0) is 22.9. The Balaban J connectivity index is 1.80. The van der Waals surface area contributed by atoms with E-state index in [4.69, 9.17) is 23.2 Å². The van der Waals surface area contributed by atoms with Crippen LogP contribution in [0.2, 0.25) is 10.0 Å². The highest BCUT2D eigenvalue weighted by Gasteiger charge is 2.31. The molecular formula is C25H30Cl2N2O2S. The van der Waals surface area contributed by atoms with Gasteiger partial charge in [0.1, 0.15) is 6.04 Å². The number of rotatable bonds is 9. The molecule has 1 atom stereocenters. The second-order valence-electron chi connectivity index (χ2n) is 8.09. The molecule has 32 heavy (non-hydrogen) atoms. The fourth-order valence-electron chi connectivity index (χ4n) is 4.06. The number of hydrogen-bond acceptors (Lipinski definition) is 3. The van der Waals surface area contributed by atoms with E-state index in [0.29, 0.717) is 22.0 Å². The highest BCUT2D eigenvalue weighted by atomic mass is 35.5. The van der Waals surface area contributed by atoms with Crippen molar-refractivity contribution in [3.8, 4) is 0 Å². The number of amides is 2. The number of thioether (sulfide) groups is 1. The summed E-state index contributed by atoms with van der Waals surface area (Å²) in [5.41, 5.74) is 0.665. The van der Waals surface area contributed by atoms with Gasteiger partial charge in [-0.15, -0.1) is 11.8 Å². The molecule has 1 aliphatic rings. The van der Waals surface area contributed by atoms with Gasteiger partial charge in [-0.3, -0.25) is 9.59 Å². The molecule has 0 aromatic heterocycles. The molecule has 0 heterocycles. The van der Waals surface area contributed by atoms with E-state index in [0.717, 1.165) is 30.6 Å². The summed E-state index contributed by atoms with van der Waals surface area (Å²) >= 11 is 14.3. The first-order valence-corrected chi connectivity index (χ1v) is 12.9. The molecule has 172 valence electrons. The molecule has 2 aromatic rings. The number of halogens is 2. The molecule has 1 N–H and O–H groups in total. The molecule has 7 heteroatoms. The summed E-state index contributed by atoms with van der Waals surface area (Å²) in [6, 6.07) is 14.7. The van der Waals surface area contributed by atoms with Gasteiger partial charge in [0.2, 0.25) is 11.8 Å². The van der Waals surface area contributed by atoms with E-state index < -0.39 is 6.04 Å². The molecule has 4 nitrogen and oxygen atoms in total. The van der Waals surface area contributed by atoms with Crippen LogP contribution in [0.25, 0.3) is 0 Å². The van der Waals surface area contributed by atoms with Crippen molar-refractivity contribution in [2.45, 2.75) is 69.0 Å². The molecule has 2 amide bonds. The number of benzene rings is 2. The van der Waals surface area contributed by atoms with Gasteiger partial charge < -0.3 is 10.2 Å². The van der Waals surface area contributed by atoms with Crippen LogP contribution in [-0.4, -0.2) is 34.6 Å². The van der Waals surface area contributed by atoms with Crippen molar-refractivity contribution < 1.29 is 9.59 Å². The van der Waals surface area contributed by atoms with E-state index in [1.165, 1.54) is 18.2 Å². The second-order valence-corrected chi connectivity index (χ2v) is 9.95. The molecule has 0 radical (unpaired) electrons. The van der Waals surface area contributed by atoms with Crippen LogP contribution in [0.4, 0.5) is 0 Å². The topological polar surface area (TPSA) is 49.4 Å². The molecule has 0 spiro atoms. The Labute approximate surface area is 205 Å². The van der Waals surface area contributed by atoms with Crippen molar-refractivity contribution in [1.82, 2.24) is 10.2 Å². The number of carbonyl (C=O) groups is 2. The smallest absolute Gasteiger partial charge is 0.243 e. The largest absolute Gasteiger partial charge is 0.352 e. The first-order chi connectivity index (χ1) is 15.5. The zero-order valence-corrected chi connectivity index (χ0v) is 20.7. The van der Waals surface area contributed by atoms with Crippen LogP contribution in [0.15, 0.2) is 53.4 Å². The van der Waals surface area contributed by atoms with Gasteiger partial charge in [-0.25, -0.2) is 0 Å². The average molecular weight is 494 g/mol. The Kier molecular flexibility index (Phi) is 9.76. The van der Waals surface area contributed by atoms with Crippen molar-refractivity contribution in [2.24, 2.45) is 0 Å². The predicted octanol–water partition coefficient (Wildman–Crippen LogP) is 6.34. The number of nitrogens with one attached hydrogen (secondary N) is 1. The maximum absolute atomic E-state index is 13.4. The van der Waals surface area contributed by atoms with E-state index >= 15 is 0 Å². The Bertz CT molecular complexity index is 884. The van der Waals surface area contributed by atoms with Gasteiger partial charge in [0.25, 0.3) is 0 Å². The summed E-state index contributed by atoms with van der Waals surface area (Å²) in [5.74, 6) is 0.0281. The highest BCUT2D eigenvalue weighted by molar-refractivity contribution is 8.00. The summed E-state index contributed by atoms with van der Waals surface area (Å²) in [4.78, 5) is 29.3. The second kappa shape index (κ2) is 12.5. The number of hydrogen-bond donors (Lipinski definition) is 1. The lowest BCUT2D eigenvalue weighted by Crippen LogP contribution is -2.52. The van der Waals surface area contributed by atoms with Gasteiger partial charge in [0, 0.05) is 33.1 Å². The summed E-state index contributed by atoms with van der Waals surface area (Å²) < 4.78 is 0. The van der Waals surface area contributed by atoms with Crippen LogP contribution in [0.5, 0.6) is 0 Å². The van der Waals surface area contributed by atoms with E-state index in [1.54, 1.807) is 23.1 Å². The van der Waals surface area contributed by atoms with Crippen molar-refractivity contribution >= 4 is 46.8 Å². The first kappa shape index (κ1) is 24.9. The lowest BCUT2D eigenvalue weighted by Gasteiger charge is -2.33. The van der Waals surface area contributed by atoms with Crippen molar-refractivity contribution in [2.75, 3.05) is 5.75 Å². The summed E-state index contributed by atoms with van der Waals surface area (Å²) in [5, 5.41) is 4.18. The Morgan fingerprint density at radius 2 is 1.69 bits per heavy atom. The quantitative estimate of drug-likeness (QED) is 0.415. The fourth-order valence-corrected chi connectivity index (χ4v) is 5.38. The molecule has 0 unspecified atom stereocenters. The molecule has 3 rings (SSSR count). The van der Waals surface area contributed by atoms with Crippen molar-refractivity contribution in [1.29, 1.82) is 0 Å². The van der Waals surface area contributed by atoms with Crippen LogP contribution < -0.4 is 5.32 Å². The lowest BCUT2D eigenvalue weighted by molar-refractivity contribution is -0.139. The van der Waals surface area contributed by atoms with Crippen molar-refractivity contribution in [3.05, 3.63) is 64.1 Å².